The van der Waals surface area contributed by atoms with Gasteiger partial charge in [0.1, 0.15) is 5.82 Å². The Morgan fingerprint density at radius 2 is 1.95 bits per heavy atom. The molecular formula is C13H21N5O2S. The summed E-state index contributed by atoms with van der Waals surface area (Å²) in [6.07, 6.45) is 1.33. The number of rotatable bonds is 8. The number of thioether (sulfide) groups is 1. The van der Waals surface area contributed by atoms with Crippen molar-refractivity contribution in [3.05, 3.63) is 6.20 Å². The molecule has 0 aliphatic heterocycles. The van der Waals surface area contributed by atoms with Crippen LogP contribution in [-0.2, 0) is 16.0 Å². The van der Waals surface area contributed by atoms with Gasteiger partial charge in [-0.05, 0) is 19.6 Å². The second-order valence-corrected chi connectivity index (χ2v) is 5.46. The lowest BCUT2D eigenvalue weighted by atomic mass is 10.4. The molecule has 0 amide bonds. The van der Waals surface area contributed by atoms with E-state index in [4.69, 9.17) is 15.2 Å². The zero-order valence-corrected chi connectivity index (χ0v) is 13.4. The molecule has 2 rings (SSSR count). The van der Waals surface area contributed by atoms with Gasteiger partial charge in [-0.2, -0.15) is 5.10 Å². The van der Waals surface area contributed by atoms with Gasteiger partial charge in [0.2, 0.25) is 0 Å². The Balaban J connectivity index is 2.30. The van der Waals surface area contributed by atoms with E-state index < -0.39 is 0 Å². The van der Waals surface area contributed by atoms with E-state index in [9.17, 15) is 0 Å². The summed E-state index contributed by atoms with van der Waals surface area (Å²) in [6, 6.07) is 0. The highest BCUT2D eigenvalue weighted by Crippen LogP contribution is 2.22. The highest BCUT2D eigenvalue weighted by molar-refractivity contribution is 7.99. The van der Waals surface area contributed by atoms with E-state index in [0.29, 0.717) is 36.4 Å². The third-order valence-corrected chi connectivity index (χ3v) is 3.54. The second kappa shape index (κ2) is 7.58. The van der Waals surface area contributed by atoms with E-state index in [1.807, 2.05) is 20.8 Å². The van der Waals surface area contributed by atoms with Crippen LogP contribution in [0.25, 0.3) is 11.0 Å². The van der Waals surface area contributed by atoms with Crippen molar-refractivity contribution in [3.63, 3.8) is 0 Å². The Labute approximate surface area is 128 Å². The fourth-order valence-electron chi connectivity index (χ4n) is 1.95. The van der Waals surface area contributed by atoms with Crippen LogP contribution in [0.5, 0.6) is 0 Å². The summed E-state index contributed by atoms with van der Waals surface area (Å²) in [6.45, 7) is 7.55. The van der Waals surface area contributed by atoms with Gasteiger partial charge < -0.3 is 15.2 Å². The summed E-state index contributed by atoms with van der Waals surface area (Å²) >= 11 is 1.55. The summed E-state index contributed by atoms with van der Waals surface area (Å²) in [5.74, 6) is 1.34. The van der Waals surface area contributed by atoms with E-state index in [0.717, 1.165) is 11.1 Å². The molecule has 0 aromatic carbocycles. The van der Waals surface area contributed by atoms with Crippen LogP contribution < -0.4 is 5.73 Å². The Morgan fingerprint density at radius 1 is 1.24 bits per heavy atom. The molecule has 0 unspecified atom stereocenters. The van der Waals surface area contributed by atoms with E-state index >= 15 is 0 Å². The van der Waals surface area contributed by atoms with Gasteiger partial charge in [-0.1, -0.05) is 18.7 Å². The lowest BCUT2D eigenvalue weighted by Crippen LogP contribution is -2.24. The van der Waals surface area contributed by atoms with Gasteiger partial charge in [-0.25, -0.2) is 14.6 Å². The number of anilines is 1. The number of hydrogen-bond acceptors (Lipinski definition) is 7. The lowest BCUT2D eigenvalue weighted by molar-refractivity contribution is -0.144. The summed E-state index contributed by atoms with van der Waals surface area (Å²) in [5, 5.41) is 5.74. The summed E-state index contributed by atoms with van der Waals surface area (Å²) in [7, 11) is 0. The van der Waals surface area contributed by atoms with Crippen molar-refractivity contribution >= 4 is 28.6 Å². The summed E-state index contributed by atoms with van der Waals surface area (Å²) < 4.78 is 12.9. The molecule has 0 saturated heterocycles. The van der Waals surface area contributed by atoms with Gasteiger partial charge in [0.25, 0.3) is 0 Å². The SMILES string of the molecule is CCOC(Cn1ncc2c(N)nc(SCC)nc21)OCC. The predicted molar refractivity (Wildman–Crippen MR) is 83.2 cm³/mol. The monoisotopic (exact) mass is 311 g/mol. The molecule has 21 heavy (non-hydrogen) atoms. The molecule has 2 aromatic rings. The van der Waals surface area contributed by atoms with Crippen molar-refractivity contribution in [1.82, 2.24) is 19.7 Å². The maximum atomic E-state index is 5.97. The molecule has 7 nitrogen and oxygen atoms in total. The van der Waals surface area contributed by atoms with Crippen LogP contribution in [-0.4, -0.2) is 45.0 Å². The van der Waals surface area contributed by atoms with E-state index in [2.05, 4.69) is 15.1 Å². The van der Waals surface area contributed by atoms with Crippen LogP contribution in [0.1, 0.15) is 20.8 Å². The molecular weight excluding hydrogens is 290 g/mol. The van der Waals surface area contributed by atoms with Gasteiger partial charge in [0, 0.05) is 13.2 Å². The average molecular weight is 311 g/mol. The molecule has 116 valence electrons. The third kappa shape index (κ3) is 3.84. The van der Waals surface area contributed by atoms with Crippen LogP contribution in [0.4, 0.5) is 5.82 Å². The van der Waals surface area contributed by atoms with E-state index in [1.54, 1.807) is 22.6 Å². The predicted octanol–water partition coefficient (Wildman–Crippen LogP) is 1.92. The maximum absolute atomic E-state index is 5.97. The Bertz CT molecular complexity index is 583. The van der Waals surface area contributed by atoms with Gasteiger partial charge in [-0.15, -0.1) is 0 Å². The molecule has 0 radical (unpaired) electrons. The molecule has 0 spiro atoms. The molecule has 0 bridgehead atoms. The first-order chi connectivity index (χ1) is 10.2. The standard InChI is InChI=1S/C13H21N5O2S/c1-4-19-10(20-5-2)8-18-12-9(7-15-18)11(14)16-13(17-12)21-6-3/h7,10H,4-6,8H2,1-3H3,(H2,14,16,17). The molecule has 0 atom stereocenters. The lowest BCUT2D eigenvalue weighted by Gasteiger charge is -2.17. The Hall–Kier alpha value is -1.38. The minimum Gasteiger partial charge on any atom is -0.383 e. The van der Waals surface area contributed by atoms with Crippen LogP contribution >= 0.6 is 11.8 Å². The van der Waals surface area contributed by atoms with Crippen molar-refractivity contribution in [2.45, 2.75) is 38.8 Å². The van der Waals surface area contributed by atoms with Crippen LogP contribution in [0.15, 0.2) is 11.4 Å². The molecule has 0 saturated carbocycles. The van der Waals surface area contributed by atoms with E-state index in [-0.39, 0.29) is 6.29 Å². The minimum atomic E-state index is -0.346. The first kappa shape index (κ1) is 16.0. The normalized spacial score (nSPS) is 11.6. The van der Waals surface area contributed by atoms with Crippen molar-refractivity contribution in [2.24, 2.45) is 0 Å². The number of nitrogens with two attached hydrogens (primary N) is 1. The molecule has 2 N–H and O–H groups in total. The number of hydrogen-bond donors (Lipinski definition) is 1. The van der Waals surface area contributed by atoms with E-state index in [1.165, 1.54) is 0 Å². The van der Waals surface area contributed by atoms with Crippen LogP contribution in [0.3, 0.4) is 0 Å². The maximum Gasteiger partial charge on any atom is 0.191 e. The van der Waals surface area contributed by atoms with Gasteiger partial charge in [0.05, 0.1) is 18.1 Å². The second-order valence-electron chi connectivity index (χ2n) is 4.23. The molecule has 0 aliphatic rings. The third-order valence-electron chi connectivity index (χ3n) is 2.81. The number of ether oxygens (including phenoxy) is 2. The fourth-order valence-corrected chi connectivity index (χ4v) is 2.52. The summed E-state index contributed by atoms with van der Waals surface area (Å²) in [5.41, 5.74) is 6.68. The zero-order valence-electron chi connectivity index (χ0n) is 12.6. The zero-order chi connectivity index (χ0) is 15.2. The minimum absolute atomic E-state index is 0.346. The Kier molecular flexibility index (Phi) is 5.77. The molecule has 2 heterocycles. The van der Waals surface area contributed by atoms with Crippen molar-refractivity contribution in [3.8, 4) is 0 Å². The van der Waals surface area contributed by atoms with Crippen molar-refractivity contribution < 1.29 is 9.47 Å². The molecule has 0 aliphatic carbocycles. The molecule has 8 heteroatoms. The quantitative estimate of drug-likeness (QED) is 0.452. The topological polar surface area (TPSA) is 88.1 Å². The van der Waals surface area contributed by atoms with Crippen molar-refractivity contribution in [2.75, 3.05) is 24.7 Å². The van der Waals surface area contributed by atoms with Crippen LogP contribution in [0, 0.1) is 0 Å². The largest absolute Gasteiger partial charge is 0.383 e. The number of fused-ring (bicyclic) bond motifs is 1. The Morgan fingerprint density at radius 3 is 2.57 bits per heavy atom. The highest BCUT2D eigenvalue weighted by atomic mass is 32.2. The molecule has 2 aromatic heterocycles. The van der Waals surface area contributed by atoms with Gasteiger partial charge in [-0.3, -0.25) is 0 Å². The van der Waals surface area contributed by atoms with Gasteiger partial charge >= 0.3 is 0 Å². The number of nitrogen functional groups attached to an aromatic ring is 1. The number of nitrogens with zero attached hydrogens (tertiary/aromatic N) is 4. The molecule has 0 fully saturated rings. The smallest absolute Gasteiger partial charge is 0.191 e. The van der Waals surface area contributed by atoms with Crippen molar-refractivity contribution in [1.29, 1.82) is 0 Å². The first-order valence-corrected chi connectivity index (χ1v) is 8.03. The fraction of sp³-hybridized carbons (Fsp3) is 0.615. The summed E-state index contributed by atoms with van der Waals surface area (Å²) in [4.78, 5) is 8.79. The van der Waals surface area contributed by atoms with Crippen LogP contribution in [0.2, 0.25) is 0 Å². The van der Waals surface area contributed by atoms with Gasteiger partial charge in [0.15, 0.2) is 17.1 Å². The number of aromatic nitrogens is 4. The first-order valence-electron chi connectivity index (χ1n) is 7.04. The highest BCUT2D eigenvalue weighted by Gasteiger charge is 2.15. The average Bonchev–Trinajstić information content (AvgIpc) is 2.83.